The van der Waals surface area contributed by atoms with Crippen LogP contribution < -0.4 is 5.32 Å². The maximum atomic E-state index is 5.17. The molecule has 0 spiro atoms. The number of methoxy groups -OCH3 is 1. The Labute approximate surface area is 139 Å². The second-order valence-electron chi connectivity index (χ2n) is 5.22. The Bertz CT molecular complexity index is 783. The highest BCUT2D eigenvalue weighted by atomic mass is 16.5. The van der Waals surface area contributed by atoms with Crippen LogP contribution in [0.2, 0.25) is 0 Å². The summed E-state index contributed by atoms with van der Waals surface area (Å²) in [5, 5.41) is 15.1. The fourth-order valence-corrected chi connectivity index (χ4v) is 2.23. The molecule has 3 aromatic heterocycles. The lowest BCUT2D eigenvalue weighted by molar-refractivity contribution is 0.190. The van der Waals surface area contributed by atoms with Gasteiger partial charge in [0.25, 0.3) is 5.89 Å². The summed E-state index contributed by atoms with van der Waals surface area (Å²) in [7, 11) is 1.69. The summed E-state index contributed by atoms with van der Waals surface area (Å²) in [6, 6.07) is 3.68. The van der Waals surface area contributed by atoms with Crippen LogP contribution in [0.1, 0.15) is 18.1 Å². The highest BCUT2D eigenvalue weighted by molar-refractivity contribution is 5.57. The number of nitrogens with one attached hydrogen (secondary N) is 1. The summed E-state index contributed by atoms with van der Waals surface area (Å²) in [4.78, 5) is 8.51. The minimum atomic E-state index is 0.473. The highest BCUT2D eigenvalue weighted by Gasteiger charge is 2.09. The van der Waals surface area contributed by atoms with E-state index in [4.69, 9.17) is 9.26 Å². The van der Waals surface area contributed by atoms with Gasteiger partial charge in [0.15, 0.2) is 11.6 Å². The maximum Gasteiger partial charge on any atom is 0.258 e. The zero-order valence-electron chi connectivity index (χ0n) is 13.6. The predicted octanol–water partition coefficient (Wildman–Crippen LogP) is 1.68. The fraction of sp³-hybridized carbons (Fsp3) is 0.400. The largest absolute Gasteiger partial charge is 0.385 e. The first-order valence-corrected chi connectivity index (χ1v) is 7.62. The van der Waals surface area contributed by atoms with Crippen LogP contribution in [0.15, 0.2) is 29.2 Å². The van der Waals surface area contributed by atoms with Crippen LogP contribution in [0, 0.1) is 6.92 Å². The Morgan fingerprint density at radius 2 is 2.29 bits per heavy atom. The molecule has 0 aliphatic heterocycles. The molecule has 0 fully saturated rings. The zero-order valence-corrected chi connectivity index (χ0v) is 13.6. The van der Waals surface area contributed by atoms with Gasteiger partial charge in [-0.2, -0.15) is 4.98 Å². The van der Waals surface area contributed by atoms with Crippen LogP contribution in [-0.2, 0) is 17.8 Å². The molecule has 3 rings (SSSR count). The normalized spacial score (nSPS) is 10.9. The van der Waals surface area contributed by atoms with E-state index in [1.165, 1.54) is 0 Å². The van der Waals surface area contributed by atoms with Crippen LogP contribution in [0.5, 0.6) is 0 Å². The summed E-state index contributed by atoms with van der Waals surface area (Å²) in [5.41, 5.74) is 0.815. The lowest BCUT2D eigenvalue weighted by Crippen LogP contribution is -2.10. The molecular formula is C15H19N7O2. The summed E-state index contributed by atoms with van der Waals surface area (Å²) >= 11 is 0. The molecule has 9 nitrogen and oxygen atoms in total. The molecule has 0 aromatic carbocycles. The third-order valence-corrected chi connectivity index (χ3v) is 3.41. The standard InChI is InChI=1S/C15H19N7O2/c1-11-19-15(24-21-11)12-4-5-16-13(8-12)17-9-14-20-18-10-22(14)6-3-7-23-2/h4-5,8,10H,3,6-7,9H2,1-2H3,(H,16,17). The smallest absolute Gasteiger partial charge is 0.258 e. The van der Waals surface area contributed by atoms with Crippen molar-refractivity contribution in [1.29, 1.82) is 0 Å². The quantitative estimate of drug-likeness (QED) is 0.623. The molecule has 3 heterocycles. The first-order valence-electron chi connectivity index (χ1n) is 7.62. The van der Waals surface area contributed by atoms with Gasteiger partial charge in [-0.25, -0.2) is 4.98 Å². The van der Waals surface area contributed by atoms with Gasteiger partial charge in [0.1, 0.15) is 12.1 Å². The molecule has 0 saturated carbocycles. The summed E-state index contributed by atoms with van der Waals surface area (Å²) in [5.74, 6) is 2.61. The average molecular weight is 329 g/mol. The minimum Gasteiger partial charge on any atom is -0.385 e. The van der Waals surface area contributed by atoms with Crippen LogP contribution in [-0.4, -0.2) is 43.6 Å². The van der Waals surface area contributed by atoms with E-state index in [0.717, 1.165) is 24.4 Å². The van der Waals surface area contributed by atoms with E-state index >= 15 is 0 Å². The van der Waals surface area contributed by atoms with Gasteiger partial charge in [0, 0.05) is 32.0 Å². The molecular weight excluding hydrogens is 310 g/mol. The molecule has 0 amide bonds. The molecule has 0 unspecified atom stereocenters. The maximum absolute atomic E-state index is 5.17. The molecule has 0 aliphatic rings. The molecule has 0 bridgehead atoms. The SMILES string of the molecule is COCCCn1cnnc1CNc1cc(-c2nc(C)no2)ccn1. The van der Waals surface area contributed by atoms with Crippen molar-refractivity contribution in [3.63, 3.8) is 0 Å². The molecule has 0 atom stereocenters. The molecule has 126 valence electrons. The number of pyridine rings is 1. The monoisotopic (exact) mass is 329 g/mol. The zero-order chi connectivity index (χ0) is 16.8. The van der Waals surface area contributed by atoms with Gasteiger partial charge in [0.05, 0.1) is 6.54 Å². The highest BCUT2D eigenvalue weighted by Crippen LogP contribution is 2.19. The minimum absolute atomic E-state index is 0.473. The number of hydrogen-bond donors (Lipinski definition) is 1. The third kappa shape index (κ3) is 3.93. The molecule has 0 aliphatic carbocycles. The number of nitrogens with zero attached hydrogens (tertiary/aromatic N) is 6. The lowest BCUT2D eigenvalue weighted by atomic mass is 10.2. The second kappa shape index (κ2) is 7.64. The van der Waals surface area contributed by atoms with Gasteiger partial charge < -0.3 is 19.1 Å². The van der Waals surface area contributed by atoms with Crippen molar-refractivity contribution < 1.29 is 9.26 Å². The topological polar surface area (TPSA) is 104 Å². The Kier molecular flexibility index (Phi) is 5.12. The Balaban J connectivity index is 1.64. The molecule has 9 heteroatoms. The summed E-state index contributed by atoms with van der Waals surface area (Å²) < 4.78 is 12.2. The Morgan fingerprint density at radius 3 is 3.08 bits per heavy atom. The van der Waals surface area contributed by atoms with Crippen molar-refractivity contribution in [2.75, 3.05) is 19.0 Å². The molecule has 3 aromatic rings. The van der Waals surface area contributed by atoms with E-state index < -0.39 is 0 Å². The van der Waals surface area contributed by atoms with Crippen molar-refractivity contribution in [1.82, 2.24) is 29.9 Å². The molecule has 1 N–H and O–H groups in total. The van der Waals surface area contributed by atoms with Gasteiger partial charge in [-0.15, -0.1) is 10.2 Å². The molecule has 0 radical (unpaired) electrons. The number of anilines is 1. The van der Waals surface area contributed by atoms with Gasteiger partial charge >= 0.3 is 0 Å². The first kappa shape index (κ1) is 16.1. The molecule has 24 heavy (non-hydrogen) atoms. The van der Waals surface area contributed by atoms with E-state index in [1.54, 1.807) is 26.6 Å². The number of aryl methyl sites for hydroxylation is 2. The lowest BCUT2D eigenvalue weighted by Gasteiger charge is -2.08. The van der Waals surface area contributed by atoms with Gasteiger partial charge in [-0.1, -0.05) is 5.16 Å². The second-order valence-corrected chi connectivity index (χ2v) is 5.22. The number of ether oxygens (including phenoxy) is 1. The van der Waals surface area contributed by atoms with Crippen molar-refractivity contribution in [3.05, 3.63) is 36.3 Å². The first-order chi connectivity index (χ1) is 11.8. The van der Waals surface area contributed by atoms with E-state index in [-0.39, 0.29) is 0 Å². The van der Waals surface area contributed by atoms with Crippen molar-refractivity contribution in [2.45, 2.75) is 26.4 Å². The number of rotatable bonds is 8. The van der Waals surface area contributed by atoms with Crippen molar-refractivity contribution in [2.24, 2.45) is 0 Å². The van der Waals surface area contributed by atoms with Crippen molar-refractivity contribution in [3.8, 4) is 11.5 Å². The Morgan fingerprint density at radius 1 is 1.38 bits per heavy atom. The van der Waals surface area contributed by atoms with E-state index in [9.17, 15) is 0 Å². The summed E-state index contributed by atoms with van der Waals surface area (Å²) in [6.07, 6.45) is 4.32. The number of hydrogen-bond acceptors (Lipinski definition) is 8. The van der Waals surface area contributed by atoms with Gasteiger partial charge in [-0.3, -0.25) is 0 Å². The van der Waals surface area contributed by atoms with E-state index in [1.807, 2.05) is 16.7 Å². The predicted molar refractivity (Wildman–Crippen MR) is 86.1 cm³/mol. The summed E-state index contributed by atoms with van der Waals surface area (Å²) in [6.45, 7) is 3.82. The van der Waals surface area contributed by atoms with E-state index in [0.29, 0.717) is 30.7 Å². The van der Waals surface area contributed by atoms with Crippen LogP contribution in [0.4, 0.5) is 5.82 Å². The van der Waals surface area contributed by atoms with Gasteiger partial charge in [0.2, 0.25) is 0 Å². The third-order valence-electron chi connectivity index (χ3n) is 3.41. The van der Waals surface area contributed by atoms with Gasteiger partial charge in [-0.05, 0) is 25.5 Å². The number of aromatic nitrogens is 6. The van der Waals surface area contributed by atoms with E-state index in [2.05, 4.69) is 30.6 Å². The fourth-order valence-electron chi connectivity index (χ4n) is 2.23. The van der Waals surface area contributed by atoms with Crippen LogP contribution >= 0.6 is 0 Å². The van der Waals surface area contributed by atoms with Crippen LogP contribution in [0.3, 0.4) is 0 Å². The average Bonchev–Trinajstić information content (AvgIpc) is 3.22. The van der Waals surface area contributed by atoms with Crippen LogP contribution in [0.25, 0.3) is 11.5 Å². The molecule has 0 saturated heterocycles. The van der Waals surface area contributed by atoms with Crippen molar-refractivity contribution >= 4 is 5.82 Å². The Hall–Kier alpha value is -2.81.